The highest BCUT2D eigenvalue weighted by atomic mass is 16.7. The Morgan fingerprint density at radius 3 is 1.39 bits per heavy atom. The molecule has 0 radical (unpaired) electrons. The van der Waals surface area contributed by atoms with Crippen molar-refractivity contribution in [2.45, 2.75) is 319 Å². The predicted octanol–water partition coefficient (Wildman–Crippen LogP) is 9.67. The van der Waals surface area contributed by atoms with Gasteiger partial charge in [0.15, 0.2) is 12.6 Å². The van der Waals surface area contributed by atoms with Gasteiger partial charge in [0.1, 0.15) is 48.8 Å². The van der Waals surface area contributed by atoms with Gasteiger partial charge in [-0.25, -0.2) is 0 Å². The van der Waals surface area contributed by atoms with Crippen molar-refractivity contribution in [1.29, 1.82) is 0 Å². The Kier molecular flexibility index (Phi) is 41.2. The van der Waals surface area contributed by atoms with Crippen LogP contribution in [0.3, 0.4) is 0 Å². The molecule has 2 rings (SSSR count). The fourth-order valence-corrected chi connectivity index (χ4v) is 9.86. The minimum atomic E-state index is -1.78. The van der Waals surface area contributed by atoms with Gasteiger partial charge in [-0.15, -0.1) is 0 Å². The molecule has 2 aliphatic heterocycles. The van der Waals surface area contributed by atoms with Gasteiger partial charge in [-0.1, -0.05) is 218 Å². The maximum atomic E-state index is 13.3. The number of rotatable bonds is 47. The summed E-state index contributed by atoms with van der Waals surface area (Å²) in [5.41, 5.74) is 0. The van der Waals surface area contributed by atoms with Crippen molar-refractivity contribution in [1.82, 2.24) is 5.32 Å². The van der Waals surface area contributed by atoms with Crippen LogP contribution < -0.4 is 5.32 Å². The Morgan fingerprint density at radius 1 is 0.500 bits per heavy atom. The lowest BCUT2D eigenvalue weighted by molar-refractivity contribution is -0.359. The van der Waals surface area contributed by atoms with E-state index < -0.39 is 86.8 Å². The second-order valence-corrected chi connectivity index (χ2v) is 21.1. The molecule has 2 saturated heterocycles. The number of aliphatic hydroxyl groups is 8. The minimum absolute atomic E-state index is 0.207. The van der Waals surface area contributed by atoms with Crippen molar-refractivity contribution in [3.63, 3.8) is 0 Å². The van der Waals surface area contributed by atoms with Crippen LogP contribution in [0.4, 0.5) is 0 Å². The summed E-state index contributed by atoms with van der Waals surface area (Å²) in [5, 5.41) is 87.2. The molecule has 0 bridgehead atoms. The lowest BCUT2D eigenvalue weighted by atomic mass is 9.97. The van der Waals surface area contributed by atoms with Crippen molar-refractivity contribution in [3.8, 4) is 0 Å². The van der Waals surface area contributed by atoms with Gasteiger partial charge in [0.2, 0.25) is 5.91 Å². The van der Waals surface area contributed by atoms with Gasteiger partial charge < -0.3 is 65.1 Å². The Bertz CT molecular complexity index is 1300. The molecular formula is C58H109NO13. The van der Waals surface area contributed by atoms with Crippen LogP contribution >= 0.6 is 0 Å². The highest BCUT2D eigenvalue weighted by Gasteiger charge is 2.51. The molecule has 12 atom stereocenters. The number of amides is 1. The van der Waals surface area contributed by atoms with Crippen LogP contribution in [0, 0.1) is 0 Å². The summed E-state index contributed by atoms with van der Waals surface area (Å²) in [6.07, 6.45) is 34.6. The molecule has 14 heteroatoms. The Morgan fingerprint density at radius 2 is 0.917 bits per heavy atom. The van der Waals surface area contributed by atoms with Gasteiger partial charge in [0.05, 0.1) is 32.0 Å². The average molecular weight is 1030 g/mol. The number of carbonyl (C=O) groups is 1. The maximum absolute atomic E-state index is 13.3. The molecule has 2 aliphatic rings. The summed E-state index contributed by atoms with van der Waals surface area (Å²) >= 11 is 0. The Labute approximate surface area is 437 Å². The maximum Gasteiger partial charge on any atom is 0.220 e. The van der Waals surface area contributed by atoms with E-state index in [0.717, 1.165) is 57.8 Å². The summed E-state index contributed by atoms with van der Waals surface area (Å²) in [7, 11) is 0. The van der Waals surface area contributed by atoms with E-state index >= 15 is 0 Å². The first-order chi connectivity index (χ1) is 35.1. The Hall–Kier alpha value is -1.53. The lowest BCUT2D eigenvalue weighted by Crippen LogP contribution is -2.65. The van der Waals surface area contributed by atoms with Crippen LogP contribution in [0.1, 0.15) is 245 Å². The van der Waals surface area contributed by atoms with Gasteiger partial charge >= 0.3 is 0 Å². The molecular weight excluding hydrogens is 919 g/mol. The number of aliphatic hydroxyl groups excluding tert-OH is 8. The van der Waals surface area contributed by atoms with E-state index in [1.807, 2.05) is 0 Å². The number of hydrogen-bond donors (Lipinski definition) is 9. The van der Waals surface area contributed by atoms with Crippen molar-refractivity contribution in [2.75, 3.05) is 19.8 Å². The number of unbranched alkanes of at least 4 members (excludes halogenated alkanes) is 30. The third kappa shape index (κ3) is 30.3. The zero-order valence-corrected chi connectivity index (χ0v) is 45.4. The molecule has 0 spiro atoms. The first-order valence-corrected chi connectivity index (χ1v) is 29.6. The first-order valence-electron chi connectivity index (χ1n) is 29.6. The van der Waals surface area contributed by atoms with E-state index in [2.05, 4.69) is 43.5 Å². The second kappa shape index (κ2) is 44.6. The van der Waals surface area contributed by atoms with E-state index in [1.54, 1.807) is 0 Å². The van der Waals surface area contributed by atoms with E-state index in [4.69, 9.17) is 18.9 Å². The molecule has 14 nitrogen and oxygen atoms in total. The predicted molar refractivity (Wildman–Crippen MR) is 286 cm³/mol. The second-order valence-electron chi connectivity index (χ2n) is 21.1. The number of allylic oxidation sites excluding steroid dienone is 4. The van der Waals surface area contributed by atoms with Gasteiger partial charge in [0, 0.05) is 6.42 Å². The summed E-state index contributed by atoms with van der Waals surface area (Å²) in [5.74, 6) is -0.207. The molecule has 0 aliphatic carbocycles. The summed E-state index contributed by atoms with van der Waals surface area (Å²) in [4.78, 5) is 13.3. The molecule has 9 N–H and O–H groups in total. The fraction of sp³-hybridized carbons (Fsp3) is 0.914. The SMILES string of the molecule is CCCCCCC/C=C\C/C=C\CCCCCCCCCCCCCC(=O)NC(COC1OC(CO)C(OC2OC(CO)C(O)C(O)C2O)C(O)C1O)C(O)CCCCCCCCCCCCCCCCC. The van der Waals surface area contributed by atoms with Gasteiger partial charge in [-0.3, -0.25) is 4.79 Å². The van der Waals surface area contributed by atoms with Crippen molar-refractivity contribution in [3.05, 3.63) is 24.3 Å². The quantitative estimate of drug-likeness (QED) is 0.0205. The molecule has 1 amide bonds. The monoisotopic (exact) mass is 1030 g/mol. The topological polar surface area (TPSA) is 228 Å². The number of ether oxygens (including phenoxy) is 4. The van der Waals surface area contributed by atoms with Gasteiger partial charge in [-0.05, 0) is 44.9 Å². The minimum Gasteiger partial charge on any atom is -0.394 e. The average Bonchev–Trinajstić information content (AvgIpc) is 3.38. The molecule has 0 aromatic carbocycles. The van der Waals surface area contributed by atoms with E-state index in [9.17, 15) is 45.6 Å². The van der Waals surface area contributed by atoms with Crippen LogP contribution in [0.2, 0.25) is 0 Å². The lowest BCUT2D eigenvalue weighted by Gasteiger charge is -2.46. The number of carbonyl (C=O) groups excluding carboxylic acids is 1. The van der Waals surface area contributed by atoms with Gasteiger partial charge in [0.25, 0.3) is 0 Å². The molecule has 0 saturated carbocycles. The largest absolute Gasteiger partial charge is 0.394 e. The standard InChI is InChI=1S/C58H109NO13/c1-3-5-7-9-11-13-15-17-19-20-21-22-23-24-25-26-28-30-32-34-36-38-40-42-50(63)59-46(47(62)41-39-37-35-33-31-29-27-18-16-14-12-10-8-6-4-2)45-69-57-55(68)53(66)56(49(44-61)71-57)72-58-54(67)52(65)51(64)48(43-60)70-58/h15,17,20-21,46-49,51-58,60-62,64-68H,3-14,16,18-19,22-45H2,1-2H3,(H,59,63)/b17-15-,21-20-. The fourth-order valence-electron chi connectivity index (χ4n) is 9.86. The molecule has 12 unspecified atom stereocenters. The zero-order chi connectivity index (χ0) is 52.4. The molecule has 424 valence electrons. The van der Waals surface area contributed by atoms with Crippen molar-refractivity contribution >= 4 is 5.91 Å². The smallest absolute Gasteiger partial charge is 0.220 e. The highest BCUT2D eigenvalue weighted by molar-refractivity contribution is 5.76. The zero-order valence-electron chi connectivity index (χ0n) is 45.4. The first kappa shape index (κ1) is 66.6. The van der Waals surface area contributed by atoms with Gasteiger partial charge in [-0.2, -0.15) is 0 Å². The van der Waals surface area contributed by atoms with E-state index in [-0.39, 0.29) is 12.5 Å². The van der Waals surface area contributed by atoms with Crippen LogP contribution in [0.15, 0.2) is 24.3 Å². The third-order valence-corrected chi connectivity index (χ3v) is 14.7. The number of nitrogens with one attached hydrogen (secondary N) is 1. The summed E-state index contributed by atoms with van der Waals surface area (Å²) in [6, 6.07) is -0.828. The molecule has 72 heavy (non-hydrogen) atoms. The van der Waals surface area contributed by atoms with Crippen LogP contribution in [0.25, 0.3) is 0 Å². The molecule has 2 fully saturated rings. The third-order valence-electron chi connectivity index (χ3n) is 14.7. The van der Waals surface area contributed by atoms with Crippen LogP contribution in [0.5, 0.6) is 0 Å². The molecule has 0 aromatic rings. The number of hydrogen-bond acceptors (Lipinski definition) is 13. The van der Waals surface area contributed by atoms with Crippen molar-refractivity contribution in [2.24, 2.45) is 0 Å². The molecule has 2 heterocycles. The van der Waals surface area contributed by atoms with Crippen LogP contribution in [-0.2, 0) is 23.7 Å². The summed E-state index contributed by atoms with van der Waals surface area (Å²) < 4.78 is 22.8. The van der Waals surface area contributed by atoms with E-state index in [1.165, 1.54) is 161 Å². The van der Waals surface area contributed by atoms with Crippen molar-refractivity contribution < 1.29 is 64.6 Å². The highest BCUT2D eigenvalue weighted by Crippen LogP contribution is 2.30. The normalized spacial score (nSPS) is 25.7. The summed E-state index contributed by atoms with van der Waals surface area (Å²) in [6.45, 7) is 2.86. The van der Waals surface area contributed by atoms with Crippen LogP contribution in [-0.4, -0.2) is 140 Å². The van der Waals surface area contributed by atoms with E-state index in [0.29, 0.717) is 12.8 Å². The Balaban J connectivity index is 1.74. The molecule has 0 aromatic heterocycles.